The summed E-state index contributed by atoms with van der Waals surface area (Å²) in [5.74, 6) is 0.0101. The highest BCUT2D eigenvalue weighted by Crippen LogP contribution is 2.45. The monoisotopic (exact) mass is 675 g/mol. The fourth-order valence-corrected chi connectivity index (χ4v) is 6.68. The quantitative estimate of drug-likeness (QED) is 0.190. The van der Waals surface area contributed by atoms with Gasteiger partial charge in [0, 0.05) is 25.8 Å². The van der Waals surface area contributed by atoms with E-state index in [-0.39, 0.29) is 17.9 Å². The first-order valence-corrected chi connectivity index (χ1v) is 15.7. The number of amides is 1. The Morgan fingerprint density at radius 3 is 2.29 bits per heavy atom. The first-order valence-electron chi connectivity index (χ1n) is 14.1. The molecule has 1 aromatic heterocycles. The predicted molar refractivity (Wildman–Crippen MR) is 177 cm³/mol. The van der Waals surface area contributed by atoms with Crippen molar-refractivity contribution in [1.82, 2.24) is 9.99 Å². The maximum Gasteiger partial charge on any atom is 0.275 e. The summed E-state index contributed by atoms with van der Waals surface area (Å²) in [5, 5.41) is 7.74. The van der Waals surface area contributed by atoms with Gasteiger partial charge in [-0.25, -0.2) is 9.99 Å². The molecule has 2 aliphatic rings. The van der Waals surface area contributed by atoms with Gasteiger partial charge in [-0.3, -0.25) is 4.79 Å². The number of carbonyl (C=O) groups excluding carboxylic acids is 1. The van der Waals surface area contributed by atoms with Gasteiger partial charge in [0.2, 0.25) is 0 Å². The van der Waals surface area contributed by atoms with Gasteiger partial charge in [-0.05, 0) is 78.4 Å². The van der Waals surface area contributed by atoms with Crippen molar-refractivity contribution in [3.05, 3.63) is 140 Å². The third-order valence-corrected chi connectivity index (χ3v) is 9.21. The summed E-state index contributed by atoms with van der Waals surface area (Å²) in [6.45, 7) is 0. The number of nitrogens with zero attached hydrogens (tertiary/aromatic N) is 3. The van der Waals surface area contributed by atoms with Crippen molar-refractivity contribution in [2.24, 2.45) is 11.0 Å². The summed E-state index contributed by atoms with van der Waals surface area (Å²) in [6.07, 6.45) is 5.21. The molecule has 0 spiro atoms. The van der Waals surface area contributed by atoms with Crippen LogP contribution in [0, 0.1) is 5.92 Å². The number of allylic oxidation sites excluding steroid dienone is 1. The van der Waals surface area contributed by atoms with Crippen LogP contribution in [0.1, 0.15) is 46.8 Å². The normalized spacial score (nSPS) is 19.1. The molecule has 1 saturated carbocycles. The molecule has 5 aromatic rings. The predicted octanol–water partition coefficient (Wildman–Crippen LogP) is 9.86. The molecule has 1 amide bonds. The molecular formula is C36H27Br2N3O. The molecule has 1 aliphatic heterocycles. The molecule has 0 N–H and O–H groups in total. The van der Waals surface area contributed by atoms with Crippen LogP contribution in [0.5, 0.6) is 0 Å². The minimum atomic E-state index is -0.193. The molecule has 7 rings (SSSR count). The Morgan fingerprint density at radius 1 is 0.833 bits per heavy atom. The number of para-hydroxylation sites is 1. The zero-order valence-electron chi connectivity index (χ0n) is 22.8. The first kappa shape index (κ1) is 27.0. The summed E-state index contributed by atoms with van der Waals surface area (Å²) in [6, 6.07) is 36.3. The number of hydrogen-bond donors (Lipinski definition) is 0. The van der Waals surface area contributed by atoms with Gasteiger partial charge in [0.25, 0.3) is 5.91 Å². The van der Waals surface area contributed by atoms with Crippen LogP contribution in [0.4, 0.5) is 0 Å². The highest BCUT2D eigenvalue weighted by molar-refractivity contribution is 9.10. The average Bonchev–Trinajstić information content (AvgIpc) is 3.43. The van der Waals surface area contributed by atoms with E-state index >= 15 is 0 Å². The molecule has 42 heavy (non-hydrogen) atoms. The summed E-state index contributed by atoms with van der Waals surface area (Å²) >= 11 is 7.13. The molecule has 0 unspecified atom stereocenters. The van der Waals surface area contributed by atoms with Crippen molar-refractivity contribution in [3.8, 4) is 11.3 Å². The van der Waals surface area contributed by atoms with Crippen molar-refractivity contribution in [2.75, 3.05) is 0 Å². The SMILES string of the molecule is O=C(c1cc(-c2ccccc2)nc2ccccc12)N1N=C2/C(=C/c3ccc(Br)cc3)CCC[C@@H]2[C@@H]1c1ccc(Br)cc1. The van der Waals surface area contributed by atoms with E-state index in [0.717, 1.165) is 67.2 Å². The number of pyridine rings is 1. The van der Waals surface area contributed by atoms with Crippen LogP contribution in [0.25, 0.3) is 28.2 Å². The third-order valence-electron chi connectivity index (χ3n) is 8.15. The average molecular weight is 677 g/mol. The van der Waals surface area contributed by atoms with Crippen LogP contribution in [-0.2, 0) is 0 Å². The molecule has 4 nitrogen and oxygen atoms in total. The molecule has 4 aromatic carbocycles. The zero-order valence-corrected chi connectivity index (χ0v) is 25.9. The lowest BCUT2D eigenvalue weighted by molar-refractivity contribution is 0.0683. The van der Waals surface area contributed by atoms with Crippen LogP contribution in [-0.4, -0.2) is 21.6 Å². The van der Waals surface area contributed by atoms with Gasteiger partial charge in [-0.15, -0.1) is 0 Å². The van der Waals surface area contributed by atoms with Gasteiger partial charge in [-0.2, -0.15) is 5.10 Å². The number of hydrogen-bond acceptors (Lipinski definition) is 3. The number of benzene rings is 4. The number of halogens is 2. The second kappa shape index (κ2) is 11.4. The van der Waals surface area contributed by atoms with E-state index in [1.54, 1.807) is 5.01 Å². The third kappa shape index (κ3) is 5.14. The van der Waals surface area contributed by atoms with E-state index in [2.05, 4.69) is 74.3 Å². The fraction of sp³-hybridized carbons (Fsp3) is 0.139. The molecule has 0 saturated heterocycles. The molecule has 2 heterocycles. The highest BCUT2D eigenvalue weighted by atomic mass is 79.9. The van der Waals surface area contributed by atoms with Gasteiger partial charge >= 0.3 is 0 Å². The summed E-state index contributed by atoms with van der Waals surface area (Å²) in [5.41, 5.74) is 7.60. The zero-order chi connectivity index (χ0) is 28.6. The van der Waals surface area contributed by atoms with E-state index in [4.69, 9.17) is 10.1 Å². The Bertz CT molecular complexity index is 1850. The Morgan fingerprint density at radius 2 is 1.52 bits per heavy atom. The van der Waals surface area contributed by atoms with Crippen molar-refractivity contribution in [3.63, 3.8) is 0 Å². The molecule has 1 aliphatic carbocycles. The van der Waals surface area contributed by atoms with E-state index in [1.165, 1.54) is 5.57 Å². The smallest absolute Gasteiger partial charge is 0.267 e. The molecule has 0 radical (unpaired) electrons. The Hall–Kier alpha value is -3.87. The standard InChI is InChI=1S/C36H27Br2N3O/c37-27-17-13-23(14-18-27)21-26-9-6-11-30-34(26)40-41(35(30)25-15-19-28(38)20-16-25)36(42)31-22-33(24-7-2-1-3-8-24)39-32-12-5-4-10-29(31)32/h1-5,7-8,10,12-22,30,35H,6,9,11H2/b26-21+/t30-,35-/m0/s1. The summed E-state index contributed by atoms with van der Waals surface area (Å²) < 4.78 is 2.06. The highest BCUT2D eigenvalue weighted by Gasteiger charge is 2.44. The summed E-state index contributed by atoms with van der Waals surface area (Å²) in [7, 11) is 0. The largest absolute Gasteiger partial charge is 0.275 e. The van der Waals surface area contributed by atoms with Gasteiger partial charge in [0.1, 0.15) is 0 Å². The van der Waals surface area contributed by atoms with Gasteiger partial charge in [-0.1, -0.05) is 105 Å². The first-order chi connectivity index (χ1) is 20.5. The molecule has 206 valence electrons. The lowest BCUT2D eigenvalue weighted by Gasteiger charge is -2.30. The number of hydrazone groups is 1. The van der Waals surface area contributed by atoms with E-state index < -0.39 is 0 Å². The summed E-state index contributed by atoms with van der Waals surface area (Å²) in [4.78, 5) is 19.6. The fourth-order valence-electron chi connectivity index (χ4n) is 6.15. The molecule has 0 bridgehead atoms. The van der Waals surface area contributed by atoms with Crippen LogP contribution >= 0.6 is 31.9 Å². The van der Waals surface area contributed by atoms with Gasteiger partial charge in [0.15, 0.2) is 0 Å². The Kier molecular flexibility index (Phi) is 7.34. The van der Waals surface area contributed by atoms with Crippen molar-refractivity contribution in [2.45, 2.75) is 25.3 Å². The second-order valence-corrected chi connectivity index (χ2v) is 12.6. The topological polar surface area (TPSA) is 45.6 Å². The minimum Gasteiger partial charge on any atom is -0.267 e. The molecule has 6 heteroatoms. The maximum absolute atomic E-state index is 14.7. The number of rotatable bonds is 4. The van der Waals surface area contributed by atoms with Crippen molar-refractivity contribution < 1.29 is 4.79 Å². The van der Waals surface area contributed by atoms with Crippen LogP contribution in [0.3, 0.4) is 0 Å². The molecule has 1 fully saturated rings. The van der Waals surface area contributed by atoms with E-state index in [0.29, 0.717) is 5.56 Å². The lowest BCUT2D eigenvalue weighted by atomic mass is 9.77. The number of fused-ring (bicyclic) bond motifs is 2. The molecular weight excluding hydrogens is 650 g/mol. The minimum absolute atomic E-state index is 0.108. The Balaban J connectivity index is 1.37. The van der Waals surface area contributed by atoms with Crippen molar-refractivity contribution >= 4 is 60.5 Å². The maximum atomic E-state index is 14.7. The van der Waals surface area contributed by atoms with Crippen LogP contribution in [0.15, 0.2) is 129 Å². The number of carbonyl (C=O) groups is 1. The van der Waals surface area contributed by atoms with Crippen LogP contribution < -0.4 is 0 Å². The van der Waals surface area contributed by atoms with Gasteiger partial charge in [0.05, 0.1) is 28.5 Å². The molecule has 2 atom stereocenters. The van der Waals surface area contributed by atoms with Gasteiger partial charge < -0.3 is 0 Å². The van der Waals surface area contributed by atoms with Crippen molar-refractivity contribution in [1.29, 1.82) is 0 Å². The Labute approximate surface area is 262 Å². The van der Waals surface area contributed by atoms with Crippen LogP contribution in [0.2, 0.25) is 0 Å². The second-order valence-electron chi connectivity index (χ2n) is 10.8. The number of aromatic nitrogens is 1. The van der Waals surface area contributed by atoms with E-state index in [1.807, 2.05) is 72.8 Å². The lowest BCUT2D eigenvalue weighted by Crippen LogP contribution is -2.32. The van der Waals surface area contributed by atoms with E-state index in [9.17, 15) is 4.79 Å².